The number of carbonyl (C=O) groups excluding carboxylic acids is 1. The topological polar surface area (TPSA) is 41.6 Å². The van der Waals surface area contributed by atoms with Crippen LogP contribution in [0, 0.1) is 0 Å². The molecular weight excluding hydrogens is 309 g/mol. The Morgan fingerprint density at radius 3 is 2.39 bits per heavy atom. The number of methoxy groups -OCH3 is 1. The maximum absolute atomic E-state index is 13.1. The van der Waals surface area contributed by atoms with Crippen molar-refractivity contribution in [2.24, 2.45) is 0 Å². The molecule has 0 atom stereocenters. The molecule has 0 aliphatic carbocycles. The molecule has 0 bridgehead atoms. The second kappa shape index (κ2) is 7.31. The molecule has 0 spiro atoms. The first kappa shape index (κ1) is 17.7. The van der Waals surface area contributed by atoms with Gasteiger partial charge < -0.3 is 10.1 Å². The van der Waals surface area contributed by atoms with E-state index in [1.54, 1.807) is 4.90 Å². The van der Waals surface area contributed by atoms with Crippen LogP contribution in [0.3, 0.4) is 0 Å². The number of carbonyl (C=O) groups is 1. The average molecular weight is 330 g/mol. The molecule has 1 N–H and O–H groups in total. The number of piperidine rings is 1. The van der Waals surface area contributed by atoms with E-state index in [4.69, 9.17) is 4.74 Å². The Morgan fingerprint density at radius 2 is 1.87 bits per heavy atom. The summed E-state index contributed by atoms with van der Waals surface area (Å²) >= 11 is 0. The highest BCUT2D eigenvalue weighted by atomic mass is 19.4. The zero-order valence-electron chi connectivity index (χ0n) is 13.0. The molecule has 23 heavy (non-hydrogen) atoms. The van der Waals surface area contributed by atoms with Crippen LogP contribution >= 0.6 is 0 Å². The van der Waals surface area contributed by atoms with Gasteiger partial charge in [0, 0.05) is 26.7 Å². The van der Waals surface area contributed by atoms with Gasteiger partial charge in [-0.05, 0) is 18.4 Å². The van der Waals surface area contributed by atoms with Crippen LogP contribution in [-0.2, 0) is 16.1 Å². The first-order valence-corrected chi connectivity index (χ1v) is 7.51. The summed E-state index contributed by atoms with van der Waals surface area (Å²) < 4.78 is 44.0. The lowest BCUT2D eigenvalue weighted by Crippen LogP contribution is -2.55. The van der Waals surface area contributed by atoms with E-state index in [1.165, 1.54) is 0 Å². The van der Waals surface area contributed by atoms with E-state index in [0.717, 1.165) is 12.7 Å². The average Bonchev–Trinajstić information content (AvgIpc) is 2.54. The monoisotopic (exact) mass is 330 g/mol. The highest BCUT2D eigenvalue weighted by Crippen LogP contribution is 2.40. The second-order valence-corrected chi connectivity index (χ2v) is 5.73. The summed E-state index contributed by atoms with van der Waals surface area (Å²) in [6.45, 7) is 0.890. The lowest BCUT2D eigenvalue weighted by molar-refractivity contribution is -0.282. The Kier molecular flexibility index (Phi) is 5.64. The summed E-state index contributed by atoms with van der Waals surface area (Å²) in [6, 6.07) is 9.46. The van der Waals surface area contributed by atoms with E-state index in [1.807, 2.05) is 30.3 Å². The van der Waals surface area contributed by atoms with E-state index < -0.39 is 11.8 Å². The van der Waals surface area contributed by atoms with Gasteiger partial charge in [0.15, 0.2) is 5.60 Å². The van der Waals surface area contributed by atoms with Crippen LogP contribution in [0.2, 0.25) is 0 Å². The fraction of sp³-hybridized carbons (Fsp3) is 0.562. The number of hydrogen-bond donors (Lipinski definition) is 1. The van der Waals surface area contributed by atoms with Gasteiger partial charge in [0.2, 0.25) is 5.91 Å². The molecule has 0 unspecified atom stereocenters. The fourth-order valence-electron chi connectivity index (χ4n) is 2.73. The molecule has 0 aromatic heterocycles. The van der Waals surface area contributed by atoms with Crippen LogP contribution in [0.5, 0.6) is 0 Å². The molecule has 128 valence electrons. The lowest BCUT2D eigenvalue weighted by atomic mass is 9.90. The van der Waals surface area contributed by atoms with Crippen molar-refractivity contribution in [2.45, 2.75) is 31.2 Å². The van der Waals surface area contributed by atoms with Crippen LogP contribution in [0.25, 0.3) is 0 Å². The van der Waals surface area contributed by atoms with Crippen molar-refractivity contribution >= 4 is 5.91 Å². The van der Waals surface area contributed by atoms with Crippen molar-refractivity contribution in [1.82, 2.24) is 10.2 Å². The standard InChI is InChI=1S/C16H21F3N2O2/c1-23-15(16(17,18)19)7-9-21(10-8-15)12-14(22)20-11-13-5-3-2-4-6-13/h2-6H,7-12H2,1H3,(H,20,22). The number of halogens is 3. The summed E-state index contributed by atoms with van der Waals surface area (Å²) in [5.41, 5.74) is -1.10. The van der Waals surface area contributed by atoms with E-state index >= 15 is 0 Å². The molecular formula is C16H21F3N2O2. The minimum Gasteiger partial charge on any atom is -0.369 e. The van der Waals surface area contributed by atoms with E-state index in [2.05, 4.69) is 5.32 Å². The van der Waals surface area contributed by atoms with E-state index in [9.17, 15) is 18.0 Å². The molecule has 1 fully saturated rings. The number of likely N-dealkylation sites (tertiary alicyclic amines) is 1. The third-order valence-electron chi connectivity index (χ3n) is 4.27. The van der Waals surface area contributed by atoms with Crippen molar-refractivity contribution in [2.75, 3.05) is 26.7 Å². The maximum atomic E-state index is 13.1. The Balaban J connectivity index is 1.79. The van der Waals surface area contributed by atoms with Crippen LogP contribution in [-0.4, -0.2) is 49.3 Å². The molecule has 1 heterocycles. The molecule has 4 nitrogen and oxygen atoms in total. The zero-order chi connectivity index (χ0) is 16.9. The normalized spacial score (nSPS) is 18.6. The number of nitrogens with one attached hydrogen (secondary N) is 1. The highest BCUT2D eigenvalue weighted by molar-refractivity contribution is 5.78. The summed E-state index contributed by atoms with van der Waals surface area (Å²) in [6.07, 6.45) is -4.69. The molecule has 0 saturated carbocycles. The van der Waals surface area contributed by atoms with E-state index in [0.29, 0.717) is 6.54 Å². The summed E-state index contributed by atoms with van der Waals surface area (Å²) in [7, 11) is 1.09. The number of alkyl halides is 3. The zero-order valence-corrected chi connectivity index (χ0v) is 13.0. The molecule has 7 heteroatoms. The van der Waals surface area contributed by atoms with Crippen LogP contribution in [0.1, 0.15) is 18.4 Å². The number of ether oxygens (including phenoxy) is 1. The number of rotatable bonds is 5. The van der Waals surface area contributed by atoms with Gasteiger partial charge in [-0.25, -0.2) is 0 Å². The molecule has 1 aromatic rings. The van der Waals surface area contributed by atoms with Crippen molar-refractivity contribution < 1.29 is 22.7 Å². The molecule has 1 amide bonds. The third kappa shape index (κ3) is 4.45. The maximum Gasteiger partial charge on any atom is 0.417 e. The number of amides is 1. The Labute approximate surface area is 133 Å². The van der Waals surface area contributed by atoms with Crippen LogP contribution in [0.15, 0.2) is 30.3 Å². The van der Waals surface area contributed by atoms with Gasteiger partial charge in [-0.15, -0.1) is 0 Å². The van der Waals surface area contributed by atoms with Crippen molar-refractivity contribution in [1.29, 1.82) is 0 Å². The Morgan fingerprint density at radius 1 is 1.26 bits per heavy atom. The second-order valence-electron chi connectivity index (χ2n) is 5.73. The lowest BCUT2D eigenvalue weighted by Gasteiger charge is -2.41. The van der Waals surface area contributed by atoms with Gasteiger partial charge in [-0.1, -0.05) is 30.3 Å². The van der Waals surface area contributed by atoms with Gasteiger partial charge in [-0.3, -0.25) is 9.69 Å². The van der Waals surface area contributed by atoms with Crippen LogP contribution in [0.4, 0.5) is 13.2 Å². The SMILES string of the molecule is COC1(C(F)(F)F)CCN(CC(=O)NCc2ccccc2)CC1. The number of benzene rings is 1. The molecule has 1 aliphatic rings. The molecule has 2 rings (SSSR count). The molecule has 1 aromatic carbocycles. The quantitative estimate of drug-likeness (QED) is 0.901. The minimum atomic E-state index is -4.39. The predicted octanol–water partition coefficient (Wildman–Crippen LogP) is 2.35. The minimum absolute atomic E-state index is 0.102. The fourth-order valence-corrected chi connectivity index (χ4v) is 2.73. The number of hydrogen-bond acceptors (Lipinski definition) is 3. The van der Waals surface area contributed by atoms with Crippen LogP contribution < -0.4 is 5.32 Å². The smallest absolute Gasteiger partial charge is 0.369 e. The Hall–Kier alpha value is -1.60. The molecule has 1 aliphatic heterocycles. The first-order chi connectivity index (χ1) is 10.9. The third-order valence-corrected chi connectivity index (χ3v) is 4.27. The van der Waals surface area contributed by atoms with Gasteiger partial charge >= 0.3 is 6.18 Å². The van der Waals surface area contributed by atoms with Gasteiger partial charge in [0.05, 0.1) is 6.54 Å². The van der Waals surface area contributed by atoms with Gasteiger partial charge in [0.25, 0.3) is 0 Å². The van der Waals surface area contributed by atoms with Gasteiger partial charge in [0.1, 0.15) is 0 Å². The van der Waals surface area contributed by atoms with Crippen molar-refractivity contribution in [3.05, 3.63) is 35.9 Å². The summed E-state index contributed by atoms with van der Waals surface area (Å²) in [5, 5.41) is 2.78. The predicted molar refractivity (Wildman–Crippen MR) is 79.8 cm³/mol. The molecule has 0 radical (unpaired) electrons. The summed E-state index contributed by atoms with van der Waals surface area (Å²) in [5.74, 6) is -0.189. The first-order valence-electron chi connectivity index (χ1n) is 7.51. The summed E-state index contributed by atoms with van der Waals surface area (Å²) in [4.78, 5) is 13.6. The Bertz CT molecular complexity index is 512. The highest BCUT2D eigenvalue weighted by Gasteiger charge is 2.56. The largest absolute Gasteiger partial charge is 0.417 e. The molecule has 1 saturated heterocycles. The van der Waals surface area contributed by atoms with Gasteiger partial charge in [-0.2, -0.15) is 13.2 Å². The van der Waals surface area contributed by atoms with Crippen molar-refractivity contribution in [3.63, 3.8) is 0 Å². The van der Waals surface area contributed by atoms with Crippen molar-refractivity contribution in [3.8, 4) is 0 Å². The number of nitrogens with zero attached hydrogens (tertiary/aromatic N) is 1. The van der Waals surface area contributed by atoms with E-state index in [-0.39, 0.29) is 38.4 Å².